The minimum atomic E-state index is -0.645. The summed E-state index contributed by atoms with van der Waals surface area (Å²) < 4.78 is 7.86. The fraction of sp³-hybridized carbons (Fsp3) is 0.310. The van der Waals surface area contributed by atoms with E-state index in [1.54, 1.807) is 4.57 Å². The van der Waals surface area contributed by atoms with E-state index in [1.165, 1.54) is 25.1 Å². The molecular weight excluding hydrogens is 496 g/mol. The summed E-state index contributed by atoms with van der Waals surface area (Å²) in [4.78, 5) is 41.8. The van der Waals surface area contributed by atoms with Gasteiger partial charge in [0.05, 0.1) is 12.5 Å². The molecule has 1 aliphatic heterocycles. The molecule has 5 rings (SSSR count). The van der Waals surface area contributed by atoms with E-state index in [2.05, 4.69) is 39.6 Å². The zero-order valence-corrected chi connectivity index (χ0v) is 22.3. The van der Waals surface area contributed by atoms with Gasteiger partial charge in [-0.2, -0.15) is 4.98 Å². The van der Waals surface area contributed by atoms with Gasteiger partial charge in [-0.15, -0.1) is 0 Å². The van der Waals surface area contributed by atoms with Gasteiger partial charge in [0.25, 0.3) is 5.91 Å². The third-order valence-corrected chi connectivity index (χ3v) is 6.89. The first kappa shape index (κ1) is 26.3. The number of carbonyl (C=O) groups excluding carboxylic acids is 1. The molecule has 1 aliphatic rings. The van der Waals surface area contributed by atoms with Crippen LogP contribution in [0.15, 0.2) is 65.7 Å². The van der Waals surface area contributed by atoms with Crippen LogP contribution in [0.25, 0.3) is 16.7 Å². The number of anilines is 2. The molecule has 2 aromatic heterocycles. The van der Waals surface area contributed by atoms with Crippen LogP contribution < -0.4 is 21.0 Å². The van der Waals surface area contributed by atoms with E-state index >= 15 is 0 Å². The zero-order valence-electron chi connectivity index (χ0n) is 22.3. The van der Waals surface area contributed by atoms with Crippen LogP contribution in [0.2, 0.25) is 0 Å². The number of nitrogens with zero attached hydrogens (tertiary/aromatic N) is 4. The number of rotatable bonds is 8. The van der Waals surface area contributed by atoms with E-state index in [1.807, 2.05) is 48.5 Å². The van der Waals surface area contributed by atoms with Gasteiger partial charge in [-0.25, -0.2) is 10.5 Å². The first-order valence-electron chi connectivity index (χ1n) is 13.0. The third-order valence-electron chi connectivity index (χ3n) is 6.89. The number of hydroxylamine groups is 1. The van der Waals surface area contributed by atoms with Crippen molar-refractivity contribution >= 4 is 28.6 Å². The van der Waals surface area contributed by atoms with Crippen molar-refractivity contribution in [3.8, 4) is 11.4 Å². The average molecular weight is 529 g/mol. The summed E-state index contributed by atoms with van der Waals surface area (Å²) in [5, 5.41) is 3.42. The van der Waals surface area contributed by atoms with Crippen LogP contribution in [0.1, 0.15) is 35.7 Å². The van der Waals surface area contributed by atoms with Crippen LogP contribution in [-0.2, 0) is 11.3 Å². The lowest BCUT2D eigenvalue weighted by Gasteiger charge is -2.29. The lowest BCUT2D eigenvalue weighted by molar-refractivity contribution is 0.0536. The van der Waals surface area contributed by atoms with Crippen LogP contribution in [-0.4, -0.2) is 58.7 Å². The standard InChI is InChI=1S/C29H32N6O4/c1-4-19-5-9-21(10-6-19)35-18-25(28(37)33-38-3)26(36)24-17-30-29(32-27(24)35)31-20-7-11-22(12-8-20)39-23-13-15-34(2)16-14-23/h5-12,17-18,23H,4,13-16H2,1-3H3,(H,33,37)(H,30,31,32). The zero-order chi connectivity index (χ0) is 27.4. The molecule has 4 aromatic rings. The molecule has 0 unspecified atom stereocenters. The highest BCUT2D eigenvalue weighted by molar-refractivity contribution is 5.96. The molecule has 10 nitrogen and oxygen atoms in total. The van der Waals surface area contributed by atoms with Crippen LogP contribution in [0.5, 0.6) is 5.75 Å². The van der Waals surface area contributed by atoms with Gasteiger partial charge in [0.15, 0.2) is 5.65 Å². The number of aryl methyl sites for hydroxylation is 1. The fourth-order valence-electron chi connectivity index (χ4n) is 4.61. The molecule has 1 saturated heterocycles. The Morgan fingerprint density at radius 2 is 1.79 bits per heavy atom. The van der Waals surface area contributed by atoms with E-state index < -0.39 is 11.3 Å². The second-order valence-corrected chi connectivity index (χ2v) is 9.60. The molecule has 202 valence electrons. The van der Waals surface area contributed by atoms with E-state index in [0.717, 1.165) is 49.5 Å². The molecule has 2 N–H and O–H groups in total. The number of hydrogen-bond acceptors (Lipinski definition) is 8. The number of nitrogens with one attached hydrogen (secondary N) is 2. The monoisotopic (exact) mass is 528 g/mol. The number of likely N-dealkylation sites (tertiary alicyclic amines) is 1. The first-order chi connectivity index (χ1) is 18.9. The molecular formula is C29H32N6O4. The number of aromatic nitrogens is 3. The minimum Gasteiger partial charge on any atom is -0.490 e. The highest BCUT2D eigenvalue weighted by atomic mass is 16.6. The Morgan fingerprint density at radius 3 is 2.46 bits per heavy atom. The normalized spacial score (nSPS) is 14.3. The Kier molecular flexibility index (Phi) is 7.85. The number of ether oxygens (including phenoxy) is 1. The van der Waals surface area contributed by atoms with Crippen LogP contribution >= 0.6 is 0 Å². The fourth-order valence-corrected chi connectivity index (χ4v) is 4.61. The van der Waals surface area contributed by atoms with Crippen molar-refractivity contribution < 1.29 is 14.4 Å². The molecule has 0 atom stereocenters. The summed E-state index contributed by atoms with van der Waals surface area (Å²) in [6, 6.07) is 15.5. The van der Waals surface area contributed by atoms with Crippen molar-refractivity contribution in [2.24, 2.45) is 0 Å². The second kappa shape index (κ2) is 11.6. The van der Waals surface area contributed by atoms with E-state index in [9.17, 15) is 9.59 Å². The van der Waals surface area contributed by atoms with Gasteiger partial charge < -0.3 is 19.5 Å². The van der Waals surface area contributed by atoms with Crippen LogP contribution in [0.4, 0.5) is 11.6 Å². The largest absolute Gasteiger partial charge is 0.490 e. The van der Waals surface area contributed by atoms with Crippen molar-refractivity contribution in [2.45, 2.75) is 32.3 Å². The van der Waals surface area contributed by atoms with Gasteiger partial charge in [-0.05, 0) is 68.3 Å². The average Bonchev–Trinajstić information content (AvgIpc) is 2.96. The Labute approximate surface area is 226 Å². The molecule has 0 aliphatic carbocycles. The predicted molar refractivity (Wildman–Crippen MR) is 150 cm³/mol. The number of pyridine rings is 1. The maximum absolute atomic E-state index is 13.2. The lowest BCUT2D eigenvalue weighted by Crippen LogP contribution is -2.35. The van der Waals surface area contributed by atoms with Gasteiger partial charge in [0.1, 0.15) is 17.4 Å². The summed E-state index contributed by atoms with van der Waals surface area (Å²) in [6.07, 6.45) is 6.06. The molecule has 10 heteroatoms. The highest BCUT2D eigenvalue weighted by Gasteiger charge is 2.19. The summed E-state index contributed by atoms with van der Waals surface area (Å²) in [5.74, 6) is 0.493. The van der Waals surface area contributed by atoms with Gasteiger partial charge in [-0.1, -0.05) is 19.1 Å². The van der Waals surface area contributed by atoms with Gasteiger partial charge in [-0.3, -0.25) is 14.4 Å². The van der Waals surface area contributed by atoms with Gasteiger partial charge in [0.2, 0.25) is 11.4 Å². The minimum absolute atomic E-state index is 0.0755. The van der Waals surface area contributed by atoms with Crippen molar-refractivity contribution in [2.75, 3.05) is 32.6 Å². The molecule has 2 aromatic carbocycles. The van der Waals surface area contributed by atoms with E-state index in [-0.39, 0.29) is 17.1 Å². The number of piperidine rings is 1. The number of carbonyl (C=O) groups is 1. The first-order valence-corrected chi connectivity index (χ1v) is 13.0. The molecule has 3 heterocycles. The summed E-state index contributed by atoms with van der Waals surface area (Å²) in [6.45, 7) is 4.15. The van der Waals surface area contributed by atoms with Crippen molar-refractivity contribution in [1.29, 1.82) is 0 Å². The van der Waals surface area contributed by atoms with Crippen molar-refractivity contribution in [3.63, 3.8) is 0 Å². The molecule has 1 amide bonds. The highest BCUT2D eigenvalue weighted by Crippen LogP contribution is 2.23. The lowest BCUT2D eigenvalue weighted by atomic mass is 10.1. The van der Waals surface area contributed by atoms with Gasteiger partial charge >= 0.3 is 0 Å². The topological polar surface area (TPSA) is 111 Å². The smallest absolute Gasteiger partial charge is 0.280 e. The van der Waals surface area contributed by atoms with E-state index in [0.29, 0.717) is 11.6 Å². The summed E-state index contributed by atoms with van der Waals surface area (Å²) in [7, 11) is 3.44. The Balaban J connectivity index is 1.45. The Hall–Kier alpha value is -4.28. The summed E-state index contributed by atoms with van der Waals surface area (Å²) in [5.41, 5.74) is 4.74. The Morgan fingerprint density at radius 1 is 1.08 bits per heavy atom. The molecule has 39 heavy (non-hydrogen) atoms. The maximum atomic E-state index is 13.2. The molecule has 0 radical (unpaired) electrons. The van der Waals surface area contributed by atoms with Crippen molar-refractivity contribution in [1.82, 2.24) is 24.9 Å². The number of fused-ring (bicyclic) bond motifs is 1. The van der Waals surface area contributed by atoms with Gasteiger partial charge in [0, 0.05) is 36.9 Å². The molecule has 0 saturated carbocycles. The molecule has 0 spiro atoms. The predicted octanol–water partition coefficient (Wildman–Crippen LogP) is 3.85. The molecule has 1 fully saturated rings. The quantitative estimate of drug-likeness (QED) is 0.332. The third kappa shape index (κ3) is 5.92. The van der Waals surface area contributed by atoms with Crippen LogP contribution in [0, 0.1) is 0 Å². The van der Waals surface area contributed by atoms with Crippen molar-refractivity contribution in [3.05, 3.63) is 82.3 Å². The summed E-state index contributed by atoms with van der Waals surface area (Å²) >= 11 is 0. The Bertz CT molecular complexity index is 1510. The maximum Gasteiger partial charge on any atom is 0.280 e. The number of hydrogen-bond donors (Lipinski definition) is 2. The number of amides is 1. The second-order valence-electron chi connectivity index (χ2n) is 9.60. The molecule has 0 bridgehead atoms. The van der Waals surface area contributed by atoms with E-state index in [4.69, 9.17) is 9.57 Å². The SMILES string of the molecule is CCc1ccc(-n2cc(C(=O)NOC)c(=O)c3cnc(Nc4ccc(OC5CCN(C)CC5)cc4)nc32)cc1. The van der Waals surface area contributed by atoms with Crippen LogP contribution in [0.3, 0.4) is 0 Å². The number of benzene rings is 2.